The number of nitrogens with zero attached hydrogens (tertiary/aromatic N) is 1. The first-order valence-corrected chi connectivity index (χ1v) is 11.0. The van der Waals surface area contributed by atoms with Crippen LogP contribution in [-0.4, -0.2) is 54.2 Å². The molecule has 5 heterocycles. The largest absolute Gasteiger partial charge is 0.465 e. The molecule has 5 fully saturated rings. The molecule has 6 aliphatic rings. The number of carbonyl (C=O) groups is 2. The lowest BCUT2D eigenvalue weighted by molar-refractivity contribution is -0.177. The summed E-state index contributed by atoms with van der Waals surface area (Å²) >= 11 is 0. The van der Waals surface area contributed by atoms with E-state index in [9.17, 15) is 9.59 Å². The second-order valence-corrected chi connectivity index (χ2v) is 9.70. The Balaban J connectivity index is 1.61. The van der Waals surface area contributed by atoms with Crippen molar-refractivity contribution in [2.45, 2.75) is 63.3 Å². The minimum absolute atomic E-state index is 0.193. The quantitative estimate of drug-likeness (QED) is 0.613. The third kappa shape index (κ3) is 1.94. The Morgan fingerprint density at radius 1 is 1.27 bits per heavy atom. The molecule has 4 saturated heterocycles. The molecule has 0 amide bonds. The van der Waals surface area contributed by atoms with Crippen molar-refractivity contribution in [1.29, 1.82) is 0 Å². The van der Waals surface area contributed by atoms with Gasteiger partial charge in [-0.2, -0.15) is 0 Å². The van der Waals surface area contributed by atoms with Gasteiger partial charge < -0.3 is 14.8 Å². The van der Waals surface area contributed by atoms with Gasteiger partial charge in [-0.05, 0) is 37.3 Å². The molecule has 1 N–H and O–H groups in total. The fourth-order valence-electron chi connectivity index (χ4n) is 7.94. The van der Waals surface area contributed by atoms with E-state index in [2.05, 4.69) is 47.5 Å². The highest BCUT2D eigenvalue weighted by atomic mass is 16.6. The van der Waals surface area contributed by atoms with Crippen molar-refractivity contribution in [2.75, 3.05) is 18.5 Å². The van der Waals surface area contributed by atoms with Gasteiger partial charge in [-0.3, -0.25) is 14.5 Å². The highest BCUT2D eigenvalue weighted by Crippen LogP contribution is 2.72. The molecule has 7 rings (SSSR count). The van der Waals surface area contributed by atoms with Gasteiger partial charge in [-0.25, -0.2) is 0 Å². The van der Waals surface area contributed by atoms with E-state index in [1.165, 1.54) is 25.0 Å². The molecule has 1 aromatic rings. The number of piperidine rings is 4. The van der Waals surface area contributed by atoms with Crippen LogP contribution in [0.4, 0.5) is 5.69 Å². The number of anilines is 1. The zero-order chi connectivity index (χ0) is 20.8. The van der Waals surface area contributed by atoms with E-state index in [0.29, 0.717) is 12.6 Å². The molecule has 1 saturated carbocycles. The second-order valence-electron chi connectivity index (χ2n) is 9.70. The second kappa shape index (κ2) is 5.88. The van der Waals surface area contributed by atoms with Crippen molar-refractivity contribution < 1.29 is 19.1 Å². The van der Waals surface area contributed by atoms with Crippen LogP contribution in [0.3, 0.4) is 0 Å². The Morgan fingerprint density at radius 2 is 2.07 bits per heavy atom. The Hall–Kier alpha value is -2.34. The van der Waals surface area contributed by atoms with Crippen LogP contribution in [0.2, 0.25) is 0 Å². The predicted octanol–water partition coefficient (Wildman–Crippen LogP) is 2.64. The van der Waals surface area contributed by atoms with E-state index in [-0.39, 0.29) is 41.5 Å². The van der Waals surface area contributed by atoms with Crippen molar-refractivity contribution in [1.82, 2.24) is 4.90 Å². The summed E-state index contributed by atoms with van der Waals surface area (Å²) in [5.41, 5.74) is 3.09. The number of nitrogens with one attached hydrogen (secondary N) is 1. The van der Waals surface area contributed by atoms with Gasteiger partial charge in [0.25, 0.3) is 0 Å². The van der Waals surface area contributed by atoms with Crippen molar-refractivity contribution in [3.63, 3.8) is 0 Å². The van der Waals surface area contributed by atoms with Crippen LogP contribution in [0.25, 0.3) is 0 Å². The van der Waals surface area contributed by atoms with Gasteiger partial charge in [-0.15, -0.1) is 0 Å². The predicted molar refractivity (Wildman–Crippen MR) is 111 cm³/mol. The summed E-state index contributed by atoms with van der Waals surface area (Å²) < 4.78 is 12.0. The molecule has 158 valence electrons. The summed E-state index contributed by atoms with van der Waals surface area (Å²) in [6.45, 7) is 6.32. The molecule has 3 unspecified atom stereocenters. The van der Waals surface area contributed by atoms with Crippen LogP contribution in [0.5, 0.6) is 0 Å². The summed E-state index contributed by atoms with van der Waals surface area (Å²) in [6.07, 6.45) is 3.81. The maximum atomic E-state index is 12.4. The maximum Gasteiger partial charge on any atom is 0.302 e. The SMILES string of the molecule is C/C=C1/CN2C3CC45c6ccccc6N[C@@H]4[C@@H]2C[C@@H]1[C@]3(COC(C)=O)[C@H]5OC(C)=O. The number of benzene rings is 1. The Morgan fingerprint density at radius 3 is 2.80 bits per heavy atom. The number of allylic oxidation sites excluding steroid dienone is 1. The first-order chi connectivity index (χ1) is 14.4. The molecular formula is C24H28N2O4. The number of esters is 2. The Bertz CT molecular complexity index is 989. The topological polar surface area (TPSA) is 67.9 Å². The van der Waals surface area contributed by atoms with E-state index in [1.54, 1.807) is 0 Å². The number of fused-ring (bicyclic) bond motifs is 2. The Kier molecular flexibility index (Phi) is 3.61. The highest BCUT2D eigenvalue weighted by molar-refractivity contribution is 5.70. The average molecular weight is 408 g/mol. The van der Waals surface area contributed by atoms with Crippen LogP contribution in [0.15, 0.2) is 35.9 Å². The molecule has 6 nitrogen and oxygen atoms in total. The van der Waals surface area contributed by atoms with Crippen molar-refractivity contribution in [3.05, 3.63) is 41.5 Å². The van der Waals surface area contributed by atoms with E-state index >= 15 is 0 Å². The van der Waals surface area contributed by atoms with Crippen LogP contribution < -0.4 is 5.32 Å². The lowest BCUT2D eigenvalue weighted by atomic mass is 9.59. The minimum atomic E-state index is -0.415. The fourth-order valence-corrected chi connectivity index (χ4v) is 7.94. The first-order valence-electron chi connectivity index (χ1n) is 11.0. The number of ether oxygens (including phenoxy) is 2. The number of hydrogen-bond acceptors (Lipinski definition) is 6. The van der Waals surface area contributed by atoms with Crippen LogP contribution in [-0.2, 0) is 24.5 Å². The zero-order valence-electron chi connectivity index (χ0n) is 17.7. The van der Waals surface area contributed by atoms with Crippen LogP contribution >= 0.6 is 0 Å². The monoisotopic (exact) mass is 408 g/mol. The molecule has 30 heavy (non-hydrogen) atoms. The van der Waals surface area contributed by atoms with E-state index in [0.717, 1.165) is 25.1 Å². The third-order valence-corrected chi connectivity index (χ3v) is 8.73. The van der Waals surface area contributed by atoms with Gasteiger partial charge in [0, 0.05) is 38.2 Å². The molecule has 5 bridgehead atoms. The van der Waals surface area contributed by atoms with Crippen molar-refractivity contribution in [2.24, 2.45) is 11.3 Å². The third-order valence-electron chi connectivity index (χ3n) is 8.73. The molecule has 1 aromatic carbocycles. The number of para-hydroxylation sites is 1. The molecule has 1 spiro atoms. The van der Waals surface area contributed by atoms with Gasteiger partial charge in [0.1, 0.15) is 12.7 Å². The normalized spacial score (nSPS) is 45.1. The fraction of sp³-hybridized carbons (Fsp3) is 0.583. The molecule has 0 radical (unpaired) electrons. The molecule has 5 aliphatic heterocycles. The number of hydrogen-bond donors (Lipinski definition) is 1. The summed E-state index contributed by atoms with van der Waals surface area (Å²) in [5, 5.41) is 3.83. The molecule has 1 aliphatic carbocycles. The van der Waals surface area contributed by atoms with Gasteiger partial charge in [0.2, 0.25) is 0 Å². The van der Waals surface area contributed by atoms with Crippen molar-refractivity contribution in [3.8, 4) is 0 Å². The number of carbonyl (C=O) groups excluding carboxylic acids is 2. The molecule has 6 heteroatoms. The highest BCUT2D eigenvalue weighted by Gasteiger charge is 2.81. The molecule has 0 aromatic heterocycles. The van der Waals surface area contributed by atoms with Gasteiger partial charge >= 0.3 is 11.9 Å². The van der Waals surface area contributed by atoms with Gasteiger partial charge in [0.05, 0.1) is 16.9 Å². The average Bonchev–Trinajstić information content (AvgIpc) is 3.18. The van der Waals surface area contributed by atoms with Crippen LogP contribution in [0, 0.1) is 11.3 Å². The van der Waals surface area contributed by atoms with E-state index < -0.39 is 5.41 Å². The molecule has 8 atom stereocenters. The smallest absolute Gasteiger partial charge is 0.302 e. The summed E-state index contributed by atoms with van der Waals surface area (Å²) in [5.74, 6) is -0.282. The lowest BCUT2D eigenvalue weighted by Gasteiger charge is -2.61. The van der Waals surface area contributed by atoms with Gasteiger partial charge in [0.15, 0.2) is 0 Å². The van der Waals surface area contributed by atoms with E-state index in [4.69, 9.17) is 9.47 Å². The van der Waals surface area contributed by atoms with Crippen molar-refractivity contribution >= 4 is 17.6 Å². The van der Waals surface area contributed by atoms with Gasteiger partial charge in [-0.1, -0.05) is 29.8 Å². The van der Waals surface area contributed by atoms with Crippen LogP contribution in [0.1, 0.15) is 39.2 Å². The lowest BCUT2D eigenvalue weighted by Crippen LogP contribution is -2.70. The maximum absolute atomic E-state index is 12.4. The Labute approximate surface area is 176 Å². The number of rotatable bonds is 3. The summed E-state index contributed by atoms with van der Waals surface area (Å²) in [7, 11) is 0. The summed E-state index contributed by atoms with van der Waals surface area (Å²) in [4.78, 5) is 26.9. The molecular weight excluding hydrogens is 380 g/mol. The first kappa shape index (κ1) is 18.4. The zero-order valence-corrected chi connectivity index (χ0v) is 17.7. The minimum Gasteiger partial charge on any atom is -0.465 e. The van der Waals surface area contributed by atoms with E-state index in [1.807, 2.05) is 0 Å². The summed E-state index contributed by atoms with van der Waals surface area (Å²) in [6, 6.07) is 9.28. The standard InChI is InChI=1S/C24H28N2O4/c1-4-15-11-26-19-9-17(15)24(12-29-13(2)27)20(26)10-23(22(24)30-14(3)28)16-7-5-6-8-18(16)25-21(19)23/h4-8,17,19-22,25H,9-12H2,1-3H3/b15-4-/t17-,19-,20?,21+,22-,23?,24-/m0/s1.